The van der Waals surface area contributed by atoms with Crippen molar-refractivity contribution in [2.75, 3.05) is 0 Å². The van der Waals surface area contributed by atoms with Crippen LogP contribution in [0.2, 0.25) is 0 Å². The van der Waals surface area contributed by atoms with Gasteiger partial charge in [-0.2, -0.15) is 5.26 Å². The second kappa shape index (κ2) is 6.84. The monoisotopic (exact) mass is 348 g/mol. The van der Waals surface area contributed by atoms with Crippen LogP contribution in [0.25, 0.3) is 33.6 Å². The first kappa shape index (κ1) is 16.8. The Labute approximate surface area is 151 Å². The van der Waals surface area contributed by atoms with E-state index in [0.29, 0.717) is 11.4 Å². The van der Waals surface area contributed by atoms with Gasteiger partial charge in [0, 0.05) is 29.2 Å². The number of nitrogens with zero attached hydrogens (tertiary/aromatic N) is 3. The molecular formula is C20H17ClN4. The first-order valence-corrected chi connectivity index (χ1v) is 7.95. The Hall–Kier alpha value is -3.03. The molecule has 124 valence electrons. The summed E-state index contributed by atoms with van der Waals surface area (Å²) in [5.74, 6) is 0.604. The number of nitrogens with one attached hydrogen (secondary N) is 1. The Bertz CT molecular complexity index is 1080. The zero-order valence-electron chi connectivity index (χ0n) is 13.7. The molecular weight excluding hydrogens is 332 g/mol. The van der Waals surface area contributed by atoms with Gasteiger partial charge in [-0.15, -0.1) is 12.4 Å². The fourth-order valence-corrected chi connectivity index (χ4v) is 3.04. The summed E-state index contributed by atoms with van der Waals surface area (Å²) in [6.45, 7) is 3.01. The van der Waals surface area contributed by atoms with Crippen LogP contribution in [0.15, 0.2) is 54.7 Å². The summed E-state index contributed by atoms with van der Waals surface area (Å²) in [7, 11) is 0. The lowest BCUT2D eigenvalue weighted by molar-refractivity contribution is 0.797. The summed E-state index contributed by atoms with van der Waals surface area (Å²) in [6, 6.07) is 18.3. The minimum absolute atomic E-state index is 0. The second-order valence-corrected chi connectivity index (χ2v) is 5.66. The molecule has 0 radical (unpaired) electrons. The number of rotatable bonds is 3. The van der Waals surface area contributed by atoms with E-state index in [2.05, 4.69) is 45.9 Å². The molecule has 2 aromatic heterocycles. The van der Waals surface area contributed by atoms with Gasteiger partial charge in [-0.05, 0) is 31.2 Å². The lowest BCUT2D eigenvalue weighted by Crippen LogP contribution is -1.89. The number of para-hydroxylation sites is 3. The van der Waals surface area contributed by atoms with E-state index in [0.717, 1.165) is 28.5 Å². The van der Waals surface area contributed by atoms with Gasteiger partial charge in [0.1, 0.15) is 11.9 Å². The lowest BCUT2D eigenvalue weighted by Gasteiger charge is -1.97. The molecule has 0 saturated carbocycles. The van der Waals surface area contributed by atoms with Crippen molar-refractivity contribution in [2.24, 2.45) is 0 Å². The van der Waals surface area contributed by atoms with Crippen LogP contribution in [0.5, 0.6) is 0 Å². The number of imidazole rings is 1. The van der Waals surface area contributed by atoms with Crippen LogP contribution in [0, 0.1) is 11.3 Å². The summed E-state index contributed by atoms with van der Waals surface area (Å²) in [5.41, 5.74) is 4.54. The number of halogens is 1. The highest BCUT2D eigenvalue weighted by atomic mass is 35.5. The molecule has 0 bridgehead atoms. The van der Waals surface area contributed by atoms with Crippen LogP contribution in [0.3, 0.4) is 0 Å². The predicted octanol–water partition coefficient (Wildman–Crippen LogP) is 5.02. The molecule has 4 rings (SSSR count). The molecule has 0 spiro atoms. The van der Waals surface area contributed by atoms with Gasteiger partial charge in [-0.1, -0.05) is 30.3 Å². The Morgan fingerprint density at radius 1 is 1.20 bits per heavy atom. The molecule has 0 aliphatic carbocycles. The average molecular weight is 349 g/mol. The zero-order valence-corrected chi connectivity index (χ0v) is 14.5. The molecule has 5 heteroatoms. The fourth-order valence-electron chi connectivity index (χ4n) is 3.04. The van der Waals surface area contributed by atoms with E-state index >= 15 is 0 Å². The van der Waals surface area contributed by atoms with Crippen LogP contribution >= 0.6 is 12.4 Å². The molecule has 0 amide bonds. The van der Waals surface area contributed by atoms with Gasteiger partial charge in [0.25, 0.3) is 0 Å². The van der Waals surface area contributed by atoms with Crippen molar-refractivity contribution in [1.29, 1.82) is 5.26 Å². The van der Waals surface area contributed by atoms with Gasteiger partial charge < -0.3 is 9.55 Å². The molecule has 1 N–H and O–H groups in total. The van der Waals surface area contributed by atoms with E-state index in [4.69, 9.17) is 0 Å². The third kappa shape index (κ3) is 2.90. The summed E-state index contributed by atoms with van der Waals surface area (Å²) in [4.78, 5) is 7.76. The number of nitriles is 1. The minimum Gasteiger partial charge on any atom is -0.347 e. The Balaban J connectivity index is 0.00000182. The SMILES string of the molecule is CCn1cc(/C=C(\C#N)c2nc3ccccc3[nH]2)c2ccccc21.Cl. The minimum atomic E-state index is 0. The Morgan fingerprint density at radius 3 is 2.72 bits per heavy atom. The fraction of sp³-hybridized carbons (Fsp3) is 0.100. The molecule has 0 atom stereocenters. The molecule has 4 nitrogen and oxygen atoms in total. The number of hydrogen-bond acceptors (Lipinski definition) is 2. The van der Waals surface area contributed by atoms with Gasteiger partial charge in [0.2, 0.25) is 0 Å². The van der Waals surface area contributed by atoms with Crippen molar-refractivity contribution < 1.29 is 0 Å². The molecule has 4 aromatic rings. The van der Waals surface area contributed by atoms with E-state index < -0.39 is 0 Å². The van der Waals surface area contributed by atoms with Crippen LogP contribution in [-0.2, 0) is 6.54 Å². The molecule has 0 aliphatic rings. The average Bonchev–Trinajstić information content (AvgIpc) is 3.21. The van der Waals surface area contributed by atoms with Crippen LogP contribution in [0.4, 0.5) is 0 Å². The first-order valence-electron chi connectivity index (χ1n) is 7.95. The van der Waals surface area contributed by atoms with Crippen molar-refractivity contribution >= 4 is 46.0 Å². The van der Waals surface area contributed by atoms with Gasteiger partial charge in [-0.3, -0.25) is 0 Å². The summed E-state index contributed by atoms with van der Waals surface area (Å²) in [5, 5.41) is 10.8. The van der Waals surface area contributed by atoms with E-state index in [-0.39, 0.29) is 12.4 Å². The van der Waals surface area contributed by atoms with Gasteiger partial charge in [-0.25, -0.2) is 4.98 Å². The molecule has 0 fully saturated rings. The van der Waals surface area contributed by atoms with E-state index in [9.17, 15) is 5.26 Å². The highest BCUT2D eigenvalue weighted by Crippen LogP contribution is 2.26. The molecule has 2 aromatic carbocycles. The normalized spacial score (nSPS) is 11.4. The summed E-state index contributed by atoms with van der Waals surface area (Å²) >= 11 is 0. The van der Waals surface area contributed by atoms with Crippen molar-refractivity contribution in [3.8, 4) is 6.07 Å². The van der Waals surface area contributed by atoms with E-state index in [1.165, 1.54) is 5.52 Å². The van der Waals surface area contributed by atoms with Gasteiger partial charge in [0.05, 0.1) is 16.6 Å². The van der Waals surface area contributed by atoms with Crippen molar-refractivity contribution in [2.45, 2.75) is 13.5 Å². The van der Waals surface area contributed by atoms with Crippen LogP contribution < -0.4 is 0 Å². The summed E-state index contributed by atoms with van der Waals surface area (Å²) in [6.07, 6.45) is 4.00. The number of aromatic amines is 1. The molecule has 0 unspecified atom stereocenters. The third-order valence-electron chi connectivity index (χ3n) is 4.22. The largest absolute Gasteiger partial charge is 0.347 e. The smallest absolute Gasteiger partial charge is 0.149 e. The quantitative estimate of drug-likeness (QED) is 0.528. The Morgan fingerprint density at radius 2 is 1.96 bits per heavy atom. The standard InChI is InChI=1S/C20H16N4.ClH/c1-2-24-13-15(16-7-3-6-10-19(16)24)11-14(12-21)20-22-17-8-4-5-9-18(17)23-20;/h3-11,13H,2H2,1H3,(H,22,23);1H/b14-11+;. The lowest BCUT2D eigenvalue weighted by atomic mass is 10.1. The molecule has 0 saturated heterocycles. The summed E-state index contributed by atoms with van der Waals surface area (Å²) < 4.78 is 2.19. The second-order valence-electron chi connectivity index (χ2n) is 5.66. The van der Waals surface area contributed by atoms with Crippen molar-refractivity contribution in [3.05, 3.63) is 66.1 Å². The number of hydrogen-bond donors (Lipinski definition) is 1. The van der Waals surface area contributed by atoms with Gasteiger partial charge in [0.15, 0.2) is 0 Å². The van der Waals surface area contributed by atoms with Crippen molar-refractivity contribution in [1.82, 2.24) is 14.5 Å². The number of aromatic nitrogens is 3. The van der Waals surface area contributed by atoms with E-state index in [1.54, 1.807) is 0 Å². The molecule has 25 heavy (non-hydrogen) atoms. The maximum atomic E-state index is 9.62. The maximum absolute atomic E-state index is 9.62. The highest BCUT2D eigenvalue weighted by Gasteiger charge is 2.10. The molecule has 0 aliphatic heterocycles. The maximum Gasteiger partial charge on any atom is 0.149 e. The van der Waals surface area contributed by atoms with Crippen molar-refractivity contribution in [3.63, 3.8) is 0 Å². The van der Waals surface area contributed by atoms with E-state index in [1.807, 2.05) is 42.5 Å². The van der Waals surface area contributed by atoms with Crippen LogP contribution in [-0.4, -0.2) is 14.5 Å². The third-order valence-corrected chi connectivity index (χ3v) is 4.22. The number of allylic oxidation sites excluding steroid dienone is 1. The first-order chi connectivity index (χ1) is 11.8. The topological polar surface area (TPSA) is 57.4 Å². The highest BCUT2D eigenvalue weighted by molar-refractivity contribution is 5.98. The Kier molecular flexibility index (Phi) is 4.60. The predicted molar refractivity (Wildman–Crippen MR) is 104 cm³/mol. The number of fused-ring (bicyclic) bond motifs is 2. The van der Waals surface area contributed by atoms with Crippen LogP contribution in [0.1, 0.15) is 18.3 Å². The van der Waals surface area contributed by atoms with Gasteiger partial charge >= 0.3 is 0 Å². The number of aryl methyl sites for hydroxylation is 1. The number of benzene rings is 2. The zero-order chi connectivity index (χ0) is 16.5. The number of H-pyrrole nitrogens is 1. The molecule has 2 heterocycles.